The Labute approximate surface area is 286 Å². The summed E-state index contributed by atoms with van der Waals surface area (Å²) in [4.78, 5) is 22.1. The maximum Gasteiger partial charge on any atom is 0.308 e. The van der Waals surface area contributed by atoms with Crippen molar-refractivity contribution in [3.05, 3.63) is 125 Å². The highest BCUT2D eigenvalue weighted by atomic mass is 16.5. The minimum atomic E-state index is -0.308. The van der Waals surface area contributed by atoms with Gasteiger partial charge in [-0.1, -0.05) is 130 Å². The number of ketones is 1. The van der Waals surface area contributed by atoms with Crippen molar-refractivity contribution < 1.29 is 23.8 Å². The summed E-state index contributed by atoms with van der Waals surface area (Å²) in [6.07, 6.45) is 0.863. The third-order valence-electron chi connectivity index (χ3n) is 6.58. The zero-order chi connectivity index (χ0) is 36.4. The number of methoxy groups -OCH3 is 2. The molecule has 4 rings (SSSR count). The van der Waals surface area contributed by atoms with Crippen molar-refractivity contribution in [1.82, 2.24) is 0 Å². The van der Waals surface area contributed by atoms with E-state index in [1.807, 2.05) is 128 Å². The van der Waals surface area contributed by atoms with Gasteiger partial charge in [-0.25, -0.2) is 0 Å². The Hall–Kier alpha value is -4.38. The average Bonchev–Trinajstić information content (AvgIpc) is 3.12. The zero-order valence-corrected chi connectivity index (χ0v) is 31.5. The summed E-state index contributed by atoms with van der Waals surface area (Å²) in [7, 11) is 3.32. The molecule has 0 aromatic heterocycles. The number of esters is 1. The molecule has 0 fully saturated rings. The maximum atomic E-state index is 11.2. The molecule has 258 valence electrons. The van der Waals surface area contributed by atoms with E-state index in [2.05, 4.69) is 38.1 Å². The maximum absolute atomic E-state index is 11.2. The highest BCUT2D eigenvalue weighted by molar-refractivity contribution is 5.94. The van der Waals surface area contributed by atoms with Gasteiger partial charge in [0.05, 0.1) is 14.2 Å². The molecule has 0 bridgehead atoms. The lowest BCUT2D eigenvalue weighted by Gasteiger charge is -2.26. The predicted octanol–water partition coefficient (Wildman–Crippen LogP) is 11.5. The van der Waals surface area contributed by atoms with Gasteiger partial charge in [0.25, 0.3) is 0 Å². The van der Waals surface area contributed by atoms with Crippen molar-refractivity contribution in [2.24, 2.45) is 0 Å². The van der Waals surface area contributed by atoms with Gasteiger partial charge in [0, 0.05) is 17.9 Å². The van der Waals surface area contributed by atoms with Crippen LogP contribution < -0.4 is 14.2 Å². The average molecular weight is 645 g/mol. The molecule has 0 unspecified atom stereocenters. The van der Waals surface area contributed by atoms with Crippen molar-refractivity contribution in [3.8, 4) is 17.2 Å². The summed E-state index contributed by atoms with van der Waals surface area (Å²) in [6, 6.07) is 31.5. The quantitative estimate of drug-likeness (QED) is 0.108. The van der Waals surface area contributed by atoms with Crippen LogP contribution in [0.15, 0.2) is 97.1 Å². The van der Waals surface area contributed by atoms with Gasteiger partial charge in [-0.15, -0.1) is 0 Å². The number of carbonyl (C=O) groups excluding carboxylic acids is 2. The third-order valence-corrected chi connectivity index (χ3v) is 6.58. The van der Waals surface area contributed by atoms with Crippen molar-refractivity contribution in [1.29, 1.82) is 0 Å². The molecule has 0 amide bonds. The van der Waals surface area contributed by atoms with Gasteiger partial charge < -0.3 is 14.2 Å². The summed E-state index contributed by atoms with van der Waals surface area (Å²) in [5.41, 5.74) is 5.40. The highest BCUT2D eigenvalue weighted by Crippen LogP contribution is 2.33. The van der Waals surface area contributed by atoms with Crippen LogP contribution in [0.4, 0.5) is 0 Å². The molecule has 5 nitrogen and oxygen atoms in total. The van der Waals surface area contributed by atoms with Crippen LogP contribution in [0, 0.1) is 0 Å². The van der Waals surface area contributed by atoms with Crippen molar-refractivity contribution >= 4 is 11.8 Å². The first kappa shape index (κ1) is 44.7. The summed E-state index contributed by atoms with van der Waals surface area (Å²) in [5, 5.41) is 0. The largest absolute Gasteiger partial charge is 0.497 e. The second-order valence-electron chi connectivity index (χ2n) is 9.75. The zero-order valence-electron chi connectivity index (χ0n) is 31.5. The molecule has 0 aliphatic heterocycles. The molecule has 5 heteroatoms. The second-order valence-corrected chi connectivity index (χ2v) is 9.75. The van der Waals surface area contributed by atoms with Gasteiger partial charge in [-0.05, 0) is 72.0 Å². The Morgan fingerprint density at radius 1 is 0.511 bits per heavy atom. The lowest BCUT2D eigenvalue weighted by atomic mass is 9.78. The highest BCUT2D eigenvalue weighted by Gasteiger charge is 2.23. The molecule has 0 radical (unpaired) electrons. The Kier molecular flexibility index (Phi) is 24.5. The molecule has 0 atom stereocenters. The standard InChI is InChI=1S/C18H20O3.C16H16O2.4C2H6/c1-13(19)21-17-11-7-15(8-12-17)18(2,3)14-5-9-16(20-4)10-6-14;1-12(17)15-7-3-13(4-8-15)11-14-5-9-16(18-2)10-6-14;4*1-2/h5-12H,1-4H3;3-10H,11H2,1-2H3;4*1-2H3. The first-order valence-electron chi connectivity index (χ1n) is 16.8. The topological polar surface area (TPSA) is 61.8 Å². The molecule has 0 aliphatic rings. The number of benzene rings is 4. The monoisotopic (exact) mass is 644 g/mol. The fraction of sp³-hybridized carbons (Fsp3) is 0.381. The van der Waals surface area contributed by atoms with Gasteiger partial charge in [0.1, 0.15) is 17.2 Å². The number of Topliss-reactive ketones (excluding diaryl/α,β-unsaturated/α-hetero) is 1. The van der Waals surface area contributed by atoms with Crippen LogP contribution in [-0.2, 0) is 16.6 Å². The van der Waals surface area contributed by atoms with Gasteiger partial charge in [0.15, 0.2) is 5.78 Å². The molecule has 4 aromatic carbocycles. The molecule has 0 spiro atoms. The SMILES string of the molecule is CC.CC.CC.CC.COc1ccc(C(C)(C)c2ccc(OC(C)=O)cc2)cc1.COc1ccc(Cc2ccc(C(C)=O)cc2)cc1. The predicted molar refractivity (Wildman–Crippen MR) is 201 cm³/mol. The van der Waals surface area contributed by atoms with Gasteiger partial charge >= 0.3 is 5.97 Å². The number of rotatable bonds is 8. The normalized spacial score (nSPS) is 9.32. The van der Waals surface area contributed by atoms with Gasteiger partial charge in [-0.3, -0.25) is 9.59 Å². The third kappa shape index (κ3) is 16.1. The van der Waals surface area contributed by atoms with E-state index in [1.54, 1.807) is 21.1 Å². The summed E-state index contributed by atoms with van der Waals surface area (Å²) < 4.78 is 15.4. The van der Waals surface area contributed by atoms with E-state index in [-0.39, 0.29) is 17.2 Å². The van der Waals surface area contributed by atoms with Crippen LogP contribution in [0.3, 0.4) is 0 Å². The molecule has 0 saturated carbocycles. The van der Waals surface area contributed by atoms with Crippen LogP contribution in [0.2, 0.25) is 0 Å². The number of hydrogen-bond donors (Lipinski definition) is 0. The van der Waals surface area contributed by atoms with Crippen LogP contribution in [0.1, 0.15) is 116 Å². The van der Waals surface area contributed by atoms with E-state index in [4.69, 9.17) is 14.2 Å². The fourth-order valence-corrected chi connectivity index (χ4v) is 4.12. The first-order chi connectivity index (χ1) is 22.6. The molecular weight excluding hydrogens is 584 g/mol. The molecule has 0 saturated heterocycles. The summed E-state index contributed by atoms with van der Waals surface area (Å²) in [5.74, 6) is 2.07. The minimum absolute atomic E-state index is 0.103. The first-order valence-corrected chi connectivity index (χ1v) is 16.8. The van der Waals surface area contributed by atoms with Crippen molar-refractivity contribution in [2.75, 3.05) is 14.2 Å². The molecule has 0 heterocycles. The number of ether oxygens (including phenoxy) is 3. The Bertz CT molecular complexity index is 1350. The number of hydrogen-bond acceptors (Lipinski definition) is 5. The van der Waals surface area contributed by atoms with Crippen LogP contribution in [0.25, 0.3) is 0 Å². The van der Waals surface area contributed by atoms with Gasteiger partial charge in [0.2, 0.25) is 0 Å². The smallest absolute Gasteiger partial charge is 0.308 e. The number of carbonyl (C=O) groups is 2. The fourth-order valence-electron chi connectivity index (χ4n) is 4.12. The van der Waals surface area contributed by atoms with E-state index in [0.29, 0.717) is 5.75 Å². The van der Waals surface area contributed by atoms with E-state index < -0.39 is 0 Å². The van der Waals surface area contributed by atoms with Crippen molar-refractivity contribution in [2.45, 2.75) is 94.9 Å². The van der Waals surface area contributed by atoms with E-state index in [1.165, 1.54) is 23.6 Å². The van der Waals surface area contributed by atoms with Gasteiger partial charge in [-0.2, -0.15) is 0 Å². The van der Waals surface area contributed by atoms with Crippen LogP contribution in [-0.4, -0.2) is 26.0 Å². The van der Waals surface area contributed by atoms with E-state index in [9.17, 15) is 9.59 Å². The van der Waals surface area contributed by atoms with Crippen LogP contribution >= 0.6 is 0 Å². The Morgan fingerprint density at radius 2 is 0.830 bits per heavy atom. The Balaban J connectivity index is 0. The van der Waals surface area contributed by atoms with E-state index in [0.717, 1.165) is 29.0 Å². The lowest BCUT2D eigenvalue weighted by Crippen LogP contribution is -2.18. The second kappa shape index (κ2) is 25.8. The molecule has 0 aliphatic carbocycles. The lowest BCUT2D eigenvalue weighted by molar-refractivity contribution is -0.131. The molecular formula is C42H60O5. The minimum Gasteiger partial charge on any atom is -0.497 e. The van der Waals surface area contributed by atoms with Crippen molar-refractivity contribution in [3.63, 3.8) is 0 Å². The summed E-state index contributed by atoms with van der Waals surface area (Å²) >= 11 is 0. The molecule has 0 N–H and O–H groups in total. The summed E-state index contributed by atoms with van der Waals surface area (Å²) in [6.45, 7) is 23.3. The Morgan fingerprint density at radius 3 is 1.15 bits per heavy atom. The molecule has 47 heavy (non-hydrogen) atoms. The van der Waals surface area contributed by atoms with Crippen LogP contribution in [0.5, 0.6) is 17.2 Å². The van der Waals surface area contributed by atoms with E-state index >= 15 is 0 Å². The molecule has 4 aromatic rings.